The van der Waals surface area contributed by atoms with Gasteiger partial charge in [-0.25, -0.2) is 0 Å². The van der Waals surface area contributed by atoms with Crippen LogP contribution in [0.15, 0.2) is 73.4 Å². The number of nitriles is 1. The molecule has 248 valence electrons. The fourth-order valence-corrected chi connectivity index (χ4v) is 10.7. The van der Waals surface area contributed by atoms with Gasteiger partial charge in [0, 0.05) is 11.0 Å². The third-order valence-corrected chi connectivity index (χ3v) is 12.6. The summed E-state index contributed by atoms with van der Waals surface area (Å²) in [6.45, 7) is 45.4. The van der Waals surface area contributed by atoms with Gasteiger partial charge >= 0.3 is 0 Å². The van der Waals surface area contributed by atoms with Crippen LogP contribution >= 0.6 is 0 Å². The van der Waals surface area contributed by atoms with E-state index >= 15 is 0 Å². The first-order valence-electron chi connectivity index (χ1n) is 17.7. The Morgan fingerprint density at radius 3 is 2.00 bits per heavy atom. The Kier molecular flexibility index (Phi) is 13.6. The summed E-state index contributed by atoms with van der Waals surface area (Å²) in [4.78, 5) is 0. The number of nitrogens with zero attached hydrogens (tertiary/aromatic N) is 1. The smallest absolute Gasteiger partial charge is 0.0941 e. The van der Waals surface area contributed by atoms with Crippen molar-refractivity contribution in [2.45, 2.75) is 141 Å². The van der Waals surface area contributed by atoms with Crippen LogP contribution in [0.1, 0.15) is 141 Å². The molecule has 1 heteroatoms. The van der Waals surface area contributed by atoms with Crippen LogP contribution < -0.4 is 0 Å². The standard InChI is InChI=1S/C35H53N.2C3H6.C2H6/c1-12-31(7,8)27-15-16-32(9)26-14-17-35(13-2)19-18-30(5,6)23-34(35,11)29(26)25(4)20-28(32)33(27,10)21-24(3)22-36;2*1-3-2;1-2/h12,20-21,26-27,29H,1,4,13-19,23H2,2-3,5-11H3;2*3H,1H2,2H3;1-2H3/b24-21+;;;. The lowest BCUT2D eigenvalue weighted by molar-refractivity contribution is -0.158. The van der Waals surface area contributed by atoms with Crippen LogP contribution in [0.5, 0.6) is 0 Å². The van der Waals surface area contributed by atoms with Gasteiger partial charge in [0.05, 0.1) is 6.07 Å². The van der Waals surface area contributed by atoms with Gasteiger partial charge in [-0.2, -0.15) is 5.26 Å². The highest BCUT2D eigenvalue weighted by Crippen LogP contribution is 2.75. The molecule has 1 nitrogen and oxygen atoms in total. The summed E-state index contributed by atoms with van der Waals surface area (Å²) in [5.74, 6) is 1.59. The maximum atomic E-state index is 9.82. The Hall–Kier alpha value is -2.07. The van der Waals surface area contributed by atoms with Crippen molar-refractivity contribution in [3.05, 3.63) is 73.4 Å². The van der Waals surface area contributed by atoms with E-state index < -0.39 is 0 Å². The van der Waals surface area contributed by atoms with E-state index in [-0.39, 0.29) is 16.2 Å². The monoisotopic (exact) mass is 602 g/mol. The van der Waals surface area contributed by atoms with Crippen molar-refractivity contribution >= 4 is 0 Å². The molecule has 3 fully saturated rings. The van der Waals surface area contributed by atoms with Crippen LogP contribution in [0.4, 0.5) is 0 Å². The number of rotatable bonds is 4. The molecule has 0 N–H and O–H groups in total. The van der Waals surface area contributed by atoms with Crippen LogP contribution in [-0.2, 0) is 0 Å². The fraction of sp³-hybridized carbons (Fsp3) is 0.698. The molecule has 0 heterocycles. The van der Waals surface area contributed by atoms with Gasteiger partial charge in [-0.15, -0.1) is 19.7 Å². The molecule has 0 aromatic rings. The zero-order valence-corrected chi connectivity index (χ0v) is 31.6. The summed E-state index contributed by atoms with van der Waals surface area (Å²) < 4.78 is 0. The second kappa shape index (κ2) is 15.0. The molecule has 3 saturated carbocycles. The van der Waals surface area contributed by atoms with Gasteiger partial charge in [-0.05, 0) is 117 Å². The average Bonchev–Trinajstić information content (AvgIpc) is 2.95. The van der Waals surface area contributed by atoms with E-state index in [0.29, 0.717) is 34.0 Å². The summed E-state index contributed by atoms with van der Waals surface area (Å²) >= 11 is 0. The quantitative estimate of drug-likeness (QED) is 0.232. The highest BCUT2D eigenvalue weighted by atomic mass is 14.7. The molecule has 44 heavy (non-hydrogen) atoms. The third-order valence-electron chi connectivity index (χ3n) is 12.6. The van der Waals surface area contributed by atoms with Gasteiger partial charge in [0.15, 0.2) is 0 Å². The normalized spacial score (nSPS) is 37.1. The van der Waals surface area contributed by atoms with Gasteiger partial charge in [0.25, 0.3) is 0 Å². The Bertz CT molecular complexity index is 1130. The Labute approximate surface area is 275 Å². The fourth-order valence-electron chi connectivity index (χ4n) is 10.7. The van der Waals surface area contributed by atoms with Crippen molar-refractivity contribution in [1.29, 1.82) is 5.26 Å². The van der Waals surface area contributed by atoms with Gasteiger partial charge in [0.1, 0.15) is 0 Å². The average molecular weight is 602 g/mol. The molecule has 0 aliphatic heterocycles. The molecule has 0 radical (unpaired) electrons. The predicted molar refractivity (Wildman–Crippen MR) is 197 cm³/mol. The molecule has 0 aromatic carbocycles. The molecule has 4 aliphatic rings. The van der Waals surface area contributed by atoms with Crippen molar-refractivity contribution in [1.82, 2.24) is 0 Å². The molecule has 7 atom stereocenters. The van der Waals surface area contributed by atoms with Crippen LogP contribution in [0, 0.1) is 61.6 Å². The zero-order chi connectivity index (χ0) is 34.4. The largest absolute Gasteiger partial charge is 0.193 e. The molecule has 0 amide bonds. The van der Waals surface area contributed by atoms with E-state index in [4.69, 9.17) is 6.58 Å². The van der Waals surface area contributed by atoms with E-state index in [1.807, 2.05) is 34.6 Å². The molecular weight excluding hydrogens is 530 g/mol. The molecule has 0 bridgehead atoms. The minimum atomic E-state index is -0.176. The van der Waals surface area contributed by atoms with Gasteiger partial charge in [-0.1, -0.05) is 117 Å². The van der Waals surface area contributed by atoms with Crippen LogP contribution in [0.25, 0.3) is 0 Å². The highest BCUT2D eigenvalue weighted by Gasteiger charge is 2.66. The molecule has 4 rings (SSSR count). The van der Waals surface area contributed by atoms with Crippen molar-refractivity contribution in [3.63, 3.8) is 0 Å². The maximum Gasteiger partial charge on any atom is 0.0941 e. The minimum Gasteiger partial charge on any atom is -0.193 e. The Morgan fingerprint density at radius 2 is 1.52 bits per heavy atom. The lowest BCUT2D eigenvalue weighted by atomic mass is 9.35. The van der Waals surface area contributed by atoms with E-state index in [9.17, 15) is 5.26 Å². The molecule has 7 unspecified atom stereocenters. The maximum absolute atomic E-state index is 9.82. The molecular formula is C43H71N. The lowest BCUT2D eigenvalue weighted by Crippen LogP contribution is -2.61. The highest BCUT2D eigenvalue weighted by molar-refractivity contribution is 5.46. The topological polar surface area (TPSA) is 23.8 Å². The summed E-state index contributed by atoms with van der Waals surface area (Å²) in [5.41, 5.74) is 4.83. The lowest BCUT2D eigenvalue weighted by Gasteiger charge is -2.69. The van der Waals surface area contributed by atoms with E-state index in [0.717, 1.165) is 5.57 Å². The number of fused-ring (bicyclic) bond motifs is 5. The first-order valence-corrected chi connectivity index (χ1v) is 17.7. The minimum absolute atomic E-state index is 0.00929. The number of hydrogen-bond acceptors (Lipinski definition) is 1. The second-order valence-electron chi connectivity index (χ2n) is 16.2. The van der Waals surface area contributed by atoms with Crippen molar-refractivity contribution in [3.8, 4) is 6.07 Å². The van der Waals surface area contributed by atoms with Gasteiger partial charge in [0.2, 0.25) is 0 Å². The Balaban J connectivity index is 0.00000110. The third kappa shape index (κ3) is 7.01. The first-order chi connectivity index (χ1) is 20.4. The molecule has 0 aromatic heterocycles. The van der Waals surface area contributed by atoms with Crippen molar-refractivity contribution < 1.29 is 0 Å². The summed E-state index contributed by atoms with van der Waals surface area (Å²) in [6, 6.07) is 2.45. The van der Waals surface area contributed by atoms with E-state index in [2.05, 4.69) is 99.4 Å². The SMILES string of the molecule is C=CC.C=CC.C=CC(C)(C)C1CCC2(C)C(=CC(=C)C3C2CCC2(CC)CCC(C)(C)CC32C)C1(C)/C=C(\C)C#N.CC. The Morgan fingerprint density at radius 1 is 0.977 bits per heavy atom. The zero-order valence-electron chi connectivity index (χ0n) is 31.6. The molecule has 0 saturated heterocycles. The van der Waals surface area contributed by atoms with Crippen LogP contribution in [0.3, 0.4) is 0 Å². The van der Waals surface area contributed by atoms with Crippen molar-refractivity contribution in [2.75, 3.05) is 0 Å². The summed E-state index contributed by atoms with van der Waals surface area (Å²) in [6.07, 6.45) is 20.9. The summed E-state index contributed by atoms with van der Waals surface area (Å²) in [5, 5.41) is 9.82. The van der Waals surface area contributed by atoms with Crippen LogP contribution in [0.2, 0.25) is 0 Å². The number of hydrogen-bond donors (Lipinski definition) is 0. The van der Waals surface area contributed by atoms with Gasteiger partial charge < -0.3 is 0 Å². The molecule has 0 spiro atoms. The van der Waals surface area contributed by atoms with Crippen molar-refractivity contribution in [2.24, 2.45) is 50.2 Å². The predicted octanol–water partition coefficient (Wildman–Crippen LogP) is 13.6. The summed E-state index contributed by atoms with van der Waals surface area (Å²) in [7, 11) is 0. The molecule has 4 aliphatic carbocycles. The first kappa shape index (κ1) is 40.0. The number of allylic oxidation sites excluding steroid dienone is 8. The van der Waals surface area contributed by atoms with E-state index in [1.165, 1.54) is 56.9 Å². The van der Waals surface area contributed by atoms with Crippen LogP contribution in [-0.4, -0.2) is 0 Å². The second-order valence-corrected chi connectivity index (χ2v) is 16.2. The van der Waals surface area contributed by atoms with Gasteiger partial charge in [-0.3, -0.25) is 0 Å². The van der Waals surface area contributed by atoms with E-state index in [1.54, 1.807) is 17.7 Å².